The van der Waals surface area contributed by atoms with Crippen LogP contribution in [-0.2, 0) is 0 Å². The number of halogens is 3. The number of hydrogen-bond acceptors (Lipinski definition) is 2. The van der Waals surface area contributed by atoms with E-state index in [0.717, 1.165) is 11.1 Å². The first-order valence-corrected chi connectivity index (χ1v) is 6.32. The first kappa shape index (κ1) is 15.8. The van der Waals surface area contributed by atoms with Crippen LogP contribution in [0, 0.1) is 6.92 Å². The van der Waals surface area contributed by atoms with Crippen molar-refractivity contribution in [2.45, 2.75) is 38.9 Å². The number of alkyl halides is 3. The minimum absolute atomic E-state index is 0.0111. The summed E-state index contributed by atoms with van der Waals surface area (Å²) in [5.41, 5.74) is 1.79. The van der Waals surface area contributed by atoms with Crippen molar-refractivity contribution in [3.05, 3.63) is 29.3 Å². The van der Waals surface area contributed by atoms with E-state index in [1.54, 1.807) is 6.07 Å². The molecule has 1 rings (SSSR count). The van der Waals surface area contributed by atoms with Crippen LogP contribution in [0.4, 0.5) is 13.2 Å². The smallest absolute Gasteiger partial charge is 0.389 e. The molecule has 108 valence electrons. The van der Waals surface area contributed by atoms with Crippen molar-refractivity contribution < 1.29 is 17.9 Å². The second-order valence-electron chi connectivity index (χ2n) is 4.51. The highest BCUT2D eigenvalue weighted by Gasteiger charge is 2.29. The molecule has 0 radical (unpaired) electrons. The molecule has 0 aromatic heterocycles. The number of nitrogens with one attached hydrogen (secondary N) is 1. The van der Waals surface area contributed by atoms with Crippen LogP contribution in [0.25, 0.3) is 0 Å². The first-order chi connectivity index (χ1) is 8.87. The third-order valence-corrected chi connectivity index (χ3v) is 2.93. The quantitative estimate of drug-likeness (QED) is 0.847. The molecule has 0 aliphatic heterocycles. The molecule has 0 spiro atoms. The fourth-order valence-corrected chi connectivity index (χ4v) is 2.05. The number of methoxy groups -OCH3 is 1. The molecule has 1 aromatic carbocycles. The minimum Gasteiger partial charge on any atom is -0.496 e. The number of hydrogen-bond donors (Lipinski definition) is 1. The molecule has 0 saturated carbocycles. The van der Waals surface area contributed by atoms with Gasteiger partial charge in [0.05, 0.1) is 7.11 Å². The van der Waals surface area contributed by atoms with Gasteiger partial charge in [-0.15, -0.1) is 0 Å². The van der Waals surface area contributed by atoms with Crippen molar-refractivity contribution in [3.8, 4) is 5.75 Å². The molecule has 1 atom stereocenters. The summed E-state index contributed by atoms with van der Waals surface area (Å²) in [5, 5.41) is 3.09. The molecule has 0 fully saturated rings. The third kappa shape index (κ3) is 5.11. The van der Waals surface area contributed by atoms with Gasteiger partial charge in [0, 0.05) is 18.0 Å². The van der Waals surface area contributed by atoms with Crippen LogP contribution in [0.2, 0.25) is 0 Å². The predicted octanol–water partition coefficient (Wildman–Crippen LogP) is 4.00. The zero-order valence-electron chi connectivity index (χ0n) is 11.5. The summed E-state index contributed by atoms with van der Waals surface area (Å²) in [5.74, 6) is 0.624. The van der Waals surface area contributed by atoms with Gasteiger partial charge in [0.25, 0.3) is 0 Å². The second-order valence-corrected chi connectivity index (χ2v) is 4.51. The summed E-state index contributed by atoms with van der Waals surface area (Å²) in [4.78, 5) is 0. The van der Waals surface area contributed by atoms with E-state index < -0.39 is 12.6 Å². The molecule has 5 heteroatoms. The van der Waals surface area contributed by atoms with E-state index >= 15 is 0 Å². The van der Waals surface area contributed by atoms with Gasteiger partial charge >= 0.3 is 6.18 Å². The Morgan fingerprint density at radius 1 is 1.32 bits per heavy atom. The maximum absolute atomic E-state index is 12.4. The predicted molar refractivity (Wildman–Crippen MR) is 69.4 cm³/mol. The average molecular weight is 275 g/mol. The summed E-state index contributed by atoms with van der Waals surface area (Å²) < 4.78 is 42.4. The maximum Gasteiger partial charge on any atom is 0.389 e. The van der Waals surface area contributed by atoms with Crippen LogP contribution in [0.3, 0.4) is 0 Å². The van der Waals surface area contributed by atoms with Gasteiger partial charge in [0.15, 0.2) is 0 Å². The highest BCUT2D eigenvalue weighted by atomic mass is 19.4. The fraction of sp³-hybridized carbons (Fsp3) is 0.571. The normalized spacial score (nSPS) is 13.4. The summed E-state index contributed by atoms with van der Waals surface area (Å²) in [6.07, 6.45) is -4.93. The van der Waals surface area contributed by atoms with Crippen LogP contribution in [0.15, 0.2) is 18.2 Å². The zero-order chi connectivity index (χ0) is 14.5. The lowest BCUT2D eigenvalue weighted by atomic mass is 9.98. The van der Waals surface area contributed by atoms with E-state index in [0.29, 0.717) is 12.3 Å². The Labute approximate surface area is 112 Å². The van der Waals surface area contributed by atoms with Gasteiger partial charge in [0.1, 0.15) is 5.75 Å². The molecule has 1 aromatic rings. The second kappa shape index (κ2) is 6.80. The Morgan fingerprint density at radius 2 is 2.00 bits per heavy atom. The van der Waals surface area contributed by atoms with Crippen molar-refractivity contribution in [2.75, 3.05) is 13.7 Å². The van der Waals surface area contributed by atoms with E-state index in [1.807, 2.05) is 26.0 Å². The number of rotatable bonds is 6. The van der Waals surface area contributed by atoms with Gasteiger partial charge in [-0.05, 0) is 26.0 Å². The molecule has 19 heavy (non-hydrogen) atoms. The Morgan fingerprint density at radius 3 is 2.53 bits per heavy atom. The van der Waals surface area contributed by atoms with E-state index in [1.165, 1.54) is 7.11 Å². The van der Waals surface area contributed by atoms with Crippen LogP contribution in [0.1, 0.15) is 36.9 Å². The standard InChI is InChI=1S/C14H20F3NO/c1-4-18-12(7-8-14(15,16)17)11-9-10(2)5-6-13(11)19-3/h5-6,9,12,18H,4,7-8H2,1-3H3. The molecule has 0 heterocycles. The lowest BCUT2D eigenvalue weighted by Crippen LogP contribution is -2.23. The average Bonchev–Trinajstić information content (AvgIpc) is 2.33. The van der Waals surface area contributed by atoms with Crippen molar-refractivity contribution in [3.63, 3.8) is 0 Å². The van der Waals surface area contributed by atoms with Crippen molar-refractivity contribution >= 4 is 0 Å². The zero-order valence-corrected chi connectivity index (χ0v) is 11.5. The molecule has 0 aliphatic carbocycles. The number of ether oxygens (including phenoxy) is 1. The van der Waals surface area contributed by atoms with Crippen molar-refractivity contribution in [2.24, 2.45) is 0 Å². The van der Waals surface area contributed by atoms with E-state index in [4.69, 9.17) is 4.74 Å². The summed E-state index contributed by atoms with van der Waals surface area (Å²) in [7, 11) is 1.53. The van der Waals surface area contributed by atoms with Crippen LogP contribution >= 0.6 is 0 Å². The Kier molecular flexibility index (Phi) is 5.66. The number of benzene rings is 1. The van der Waals surface area contributed by atoms with Gasteiger partial charge in [-0.3, -0.25) is 0 Å². The van der Waals surface area contributed by atoms with Gasteiger partial charge < -0.3 is 10.1 Å². The van der Waals surface area contributed by atoms with E-state index in [-0.39, 0.29) is 12.5 Å². The molecule has 0 bridgehead atoms. The number of aryl methyl sites for hydroxylation is 1. The molecule has 0 saturated heterocycles. The molecule has 0 aliphatic rings. The van der Waals surface area contributed by atoms with E-state index in [9.17, 15) is 13.2 Å². The first-order valence-electron chi connectivity index (χ1n) is 6.32. The summed E-state index contributed by atoms with van der Waals surface area (Å²) >= 11 is 0. The van der Waals surface area contributed by atoms with Gasteiger partial charge in [-0.1, -0.05) is 24.6 Å². The van der Waals surface area contributed by atoms with Crippen molar-refractivity contribution in [1.82, 2.24) is 5.32 Å². The van der Waals surface area contributed by atoms with Gasteiger partial charge in [-0.2, -0.15) is 13.2 Å². The van der Waals surface area contributed by atoms with Crippen molar-refractivity contribution in [1.29, 1.82) is 0 Å². The van der Waals surface area contributed by atoms with E-state index in [2.05, 4.69) is 5.32 Å². The van der Waals surface area contributed by atoms with Crippen LogP contribution in [0.5, 0.6) is 5.75 Å². The molecular formula is C14H20F3NO. The minimum atomic E-state index is -4.13. The molecule has 1 unspecified atom stereocenters. The Bertz CT molecular complexity index is 404. The highest BCUT2D eigenvalue weighted by molar-refractivity contribution is 5.39. The molecule has 0 amide bonds. The Balaban J connectivity index is 2.94. The monoisotopic (exact) mass is 275 g/mol. The SMILES string of the molecule is CCNC(CCC(F)(F)F)c1cc(C)ccc1OC. The lowest BCUT2D eigenvalue weighted by Gasteiger charge is -2.22. The Hall–Kier alpha value is -1.23. The third-order valence-electron chi connectivity index (χ3n) is 2.93. The van der Waals surface area contributed by atoms with Gasteiger partial charge in [-0.25, -0.2) is 0 Å². The molecular weight excluding hydrogens is 255 g/mol. The summed E-state index contributed by atoms with van der Waals surface area (Å²) in [6, 6.07) is 5.21. The largest absolute Gasteiger partial charge is 0.496 e. The molecule has 1 N–H and O–H groups in total. The topological polar surface area (TPSA) is 21.3 Å². The summed E-state index contributed by atoms with van der Waals surface area (Å²) in [6.45, 7) is 4.40. The van der Waals surface area contributed by atoms with Gasteiger partial charge in [0.2, 0.25) is 0 Å². The highest BCUT2D eigenvalue weighted by Crippen LogP contribution is 2.32. The lowest BCUT2D eigenvalue weighted by molar-refractivity contribution is -0.136. The fourth-order valence-electron chi connectivity index (χ4n) is 2.05. The van der Waals surface area contributed by atoms with Crippen LogP contribution in [-0.4, -0.2) is 19.8 Å². The molecule has 2 nitrogen and oxygen atoms in total. The van der Waals surface area contributed by atoms with Crippen LogP contribution < -0.4 is 10.1 Å². The maximum atomic E-state index is 12.4.